The summed E-state index contributed by atoms with van der Waals surface area (Å²) in [5, 5.41) is 13.0. The minimum Gasteiger partial charge on any atom is -0.505 e. The number of carbonyl (C=O) groups excluding carboxylic acids is 1. The van der Waals surface area contributed by atoms with Crippen LogP contribution in [0.1, 0.15) is 10.5 Å². The standard InChI is InChI=1S/C13H18N4O2/c18-11-2-1-3-15-12(11)13(19)17-8-10(9-17)16-6-4-14-5-7-16/h1-3,10,14,18H,4-9H2. The first kappa shape index (κ1) is 12.4. The van der Waals surface area contributed by atoms with Crippen LogP contribution in [0.4, 0.5) is 0 Å². The van der Waals surface area contributed by atoms with Crippen molar-refractivity contribution in [2.75, 3.05) is 39.3 Å². The van der Waals surface area contributed by atoms with E-state index < -0.39 is 0 Å². The minimum atomic E-state index is -0.176. The summed E-state index contributed by atoms with van der Waals surface area (Å²) in [7, 11) is 0. The number of hydrogen-bond acceptors (Lipinski definition) is 5. The third kappa shape index (κ3) is 2.41. The van der Waals surface area contributed by atoms with Crippen molar-refractivity contribution in [3.8, 4) is 5.75 Å². The molecule has 1 amide bonds. The molecule has 2 fully saturated rings. The van der Waals surface area contributed by atoms with Crippen LogP contribution in [0.25, 0.3) is 0 Å². The molecule has 0 aromatic carbocycles. The van der Waals surface area contributed by atoms with E-state index >= 15 is 0 Å². The van der Waals surface area contributed by atoms with E-state index in [9.17, 15) is 9.90 Å². The topological polar surface area (TPSA) is 68.7 Å². The summed E-state index contributed by atoms with van der Waals surface area (Å²) in [5.41, 5.74) is 0.154. The zero-order chi connectivity index (χ0) is 13.2. The summed E-state index contributed by atoms with van der Waals surface area (Å²) < 4.78 is 0. The van der Waals surface area contributed by atoms with Crippen molar-refractivity contribution < 1.29 is 9.90 Å². The first-order valence-electron chi connectivity index (χ1n) is 6.64. The van der Waals surface area contributed by atoms with Crippen LogP contribution in [0.15, 0.2) is 18.3 Å². The summed E-state index contributed by atoms with van der Waals surface area (Å²) in [6, 6.07) is 3.57. The van der Waals surface area contributed by atoms with Crippen LogP contribution in [-0.2, 0) is 0 Å². The molecule has 2 aliphatic rings. The van der Waals surface area contributed by atoms with Gasteiger partial charge < -0.3 is 15.3 Å². The van der Waals surface area contributed by atoms with Crippen molar-refractivity contribution in [2.45, 2.75) is 6.04 Å². The maximum absolute atomic E-state index is 12.1. The van der Waals surface area contributed by atoms with Gasteiger partial charge in [0.05, 0.1) is 0 Å². The number of aromatic hydroxyl groups is 1. The Kier molecular flexibility index (Phi) is 3.35. The molecule has 102 valence electrons. The molecular weight excluding hydrogens is 244 g/mol. The van der Waals surface area contributed by atoms with E-state index in [1.165, 1.54) is 12.3 Å². The third-order valence-corrected chi connectivity index (χ3v) is 3.81. The number of rotatable bonds is 2. The lowest BCUT2D eigenvalue weighted by Crippen LogP contribution is -2.63. The monoisotopic (exact) mass is 262 g/mol. The van der Waals surface area contributed by atoms with Gasteiger partial charge in [0.1, 0.15) is 5.75 Å². The smallest absolute Gasteiger partial charge is 0.276 e. The van der Waals surface area contributed by atoms with Crippen molar-refractivity contribution >= 4 is 5.91 Å². The molecule has 1 aromatic heterocycles. The van der Waals surface area contributed by atoms with Gasteiger partial charge in [-0.3, -0.25) is 9.69 Å². The molecule has 6 nitrogen and oxygen atoms in total. The molecule has 19 heavy (non-hydrogen) atoms. The predicted octanol–water partition coefficient (Wildman–Crippen LogP) is -0.483. The third-order valence-electron chi connectivity index (χ3n) is 3.81. The van der Waals surface area contributed by atoms with Crippen LogP contribution in [-0.4, -0.2) is 71.1 Å². The summed E-state index contributed by atoms with van der Waals surface area (Å²) >= 11 is 0. The Balaban J connectivity index is 1.58. The summed E-state index contributed by atoms with van der Waals surface area (Å²) in [5.74, 6) is -0.220. The molecular formula is C13H18N4O2. The normalized spacial score (nSPS) is 21.2. The molecule has 0 unspecified atom stereocenters. The fraction of sp³-hybridized carbons (Fsp3) is 0.538. The molecule has 0 radical (unpaired) electrons. The molecule has 0 bridgehead atoms. The van der Waals surface area contributed by atoms with Gasteiger partial charge in [0.25, 0.3) is 5.91 Å². The number of pyridine rings is 1. The number of likely N-dealkylation sites (tertiary alicyclic amines) is 1. The van der Waals surface area contributed by atoms with Gasteiger partial charge >= 0.3 is 0 Å². The van der Waals surface area contributed by atoms with Crippen molar-refractivity contribution in [3.05, 3.63) is 24.0 Å². The van der Waals surface area contributed by atoms with Gasteiger partial charge in [0, 0.05) is 51.5 Å². The second-order valence-electron chi connectivity index (χ2n) is 5.02. The van der Waals surface area contributed by atoms with E-state index in [1.54, 1.807) is 11.0 Å². The van der Waals surface area contributed by atoms with E-state index in [4.69, 9.17) is 0 Å². The molecule has 2 N–H and O–H groups in total. The van der Waals surface area contributed by atoms with E-state index in [-0.39, 0.29) is 17.4 Å². The summed E-state index contributed by atoms with van der Waals surface area (Å²) in [6.07, 6.45) is 1.53. The Hall–Kier alpha value is -1.66. The highest BCUT2D eigenvalue weighted by atomic mass is 16.3. The van der Waals surface area contributed by atoms with Gasteiger partial charge in [-0.25, -0.2) is 4.98 Å². The number of carbonyl (C=O) groups is 1. The van der Waals surface area contributed by atoms with Gasteiger partial charge in [-0.15, -0.1) is 0 Å². The Labute approximate surface area is 112 Å². The van der Waals surface area contributed by atoms with Crippen molar-refractivity contribution in [2.24, 2.45) is 0 Å². The molecule has 0 saturated carbocycles. The van der Waals surface area contributed by atoms with Gasteiger partial charge in [-0.2, -0.15) is 0 Å². The van der Waals surface area contributed by atoms with Crippen LogP contribution in [0.2, 0.25) is 0 Å². The van der Waals surface area contributed by atoms with E-state index in [1.807, 2.05) is 0 Å². The highest BCUT2D eigenvalue weighted by molar-refractivity contribution is 5.95. The Bertz CT molecular complexity index is 467. The number of nitrogens with zero attached hydrogens (tertiary/aromatic N) is 3. The van der Waals surface area contributed by atoms with Gasteiger partial charge in [-0.05, 0) is 12.1 Å². The number of hydrogen-bond donors (Lipinski definition) is 2. The van der Waals surface area contributed by atoms with Crippen LogP contribution in [0.5, 0.6) is 5.75 Å². The maximum atomic E-state index is 12.1. The number of piperazine rings is 1. The lowest BCUT2D eigenvalue weighted by Gasteiger charge is -2.46. The van der Waals surface area contributed by atoms with Gasteiger partial charge in [0.2, 0.25) is 0 Å². The molecule has 3 heterocycles. The molecule has 2 saturated heterocycles. The Morgan fingerprint density at radius 1 is 1.37 bits per heavy atom. The second-order valence-corrected chi connectivity index (χ2v) is 5.02. The second kappa shape index (κ2) is 5.14. The minimum absolute atomic E-state index is 0.0434. The van der Waals surface area contributed by atoms with Crippen LogP contribution >= 0.6 is 0 Å². The van der Waals surface area contributed by atoms with Crippen LogP contribution in [0, 0.1) is 0 Å². The lowest BCUT2D eigenvalue weighted by atomic mass is 10.1. The summed E-state index contributed by atoms with van der Waals surface area (Å²) in [6.45, 7) is 5.59. The average molecular weight is 262 g/mol. The van der Waals surface area contributed by atoms with E-state index in [0.29, 0.717) is 6.04 Å². The van der Waals surface area contributed by atoms with Gasteiger partial charge in [0.15, 0.2) is 5.69 Å². The fourth-order valence-electron chi connectivity index (χ4n) is 2.61. The van der Waals surface area contributed by atoms with Crippen molar-refractivity contribution in [3.63, 3.8) is 0 Å². The number of aromatic nitrogens is 1. The highest BCUT2D eigenvalue weighted by Crippen LogP contribution is 2.21. The largest absolute Gasteiger partial charge is 0.505 e. The Morgan fingerprint density at radius 3 is 2.79 bits per heavy atom. The van der Waals surface area contributed by atoms with E-state index in [0.717, 1.165) is 39.3 Å². The lowest BCUT2D eigenvalue weighted by molar-refractivity contribution is 0.0220. The predicted molar refractivity (Wildman–Crippen MR) is 70.0 cm³/mol. The first-order chi connectivity index (χ1) is 9.25. The highest BCUT2D eigenvalue weighted by Gasteiger charge is 2.36. The molecule has 0 spiro atoms. The van der Waals surface area contributed by atoms with Crippen LogP contribution in [0.3, 0.4) is 0 Å². The quantitative estimate of drug-likeness (QED) is 0.753. The first-order valence-corrected chi connectivity index (χ1v) is 6.64. The van der Waals surface area contributed by atoms with E-state index in [2.05, 4.69) is 15.2 Å². The zero-order valence-electron chi connectivity index (χ0n) is 10.7. The Morgan fingerprint density at radius 2 is 2.11 bits per heavy atom. The molecule has 2 aliphatic heterocycles. The summed E-state index contributed by atoms with van der Waals surface area (Å²) in [4.78, 5) is 20.3. The molecule has 0 aliphatic carbocycles. The maximum Gasteiger partial charge on any atom is 0.276 e. The number of nitrogens with one attached hydrogen (secondary N) is 1. The van der Waals surface area contributed by atoms with Crippen molar-refractivity contribution in [1.29, 1.82) is 0 Å². The molecule has 3 rings (SSSR count). The van der Waals surface area contributed by atoms with Crippen LogP contribution < -0.4 is 5.32 Å². The molecule has 6 heteroatoms. The zero-order valence-corrected chi connectivity index (χ0v) is 10.7. The van der Waals surface area contributed by atoms with Gasteiger partial charge in [-0.1, -0.05) is 0 Å². The SMILES string of the molecule is O=C(c1ncccc1O)N1CC(N2CCNCC2)C1. The molecule has 1 aromatic rings. The average Bonchev–Trinajstić information content (AvgIpc) is 2.38. The van der Waals surface area contributed by atoms with Crippen molar-refractivity contribution in [1.82, 2.24) is 20.1 Å². The molecule has 0 atom stereocenters. The number of amides is 1. The fourth-order valence-corrected chi connectivity index (χ4v) is 2.61.